The number of pyridine rings is 2. The van der Waals surface area contributed by atoms with Gasteiger partial charge < -0.3 is 0 Å². The zero-order chi connectivity index (χ0) is 41.7. The zero-order valence-corrected chi connectivity index (χ0v) is 34.9. The van der Waals surface area contributed by atoms with Crippen molar-refractivity contribution in [2.75, 3.05) is 0 Å². The molecule has 2 aromatic heterocycles. The third kappa shape index (κ3) is 10.1. The Labute approximate surface area is 351 Å². The summed E-state index contributed by atoms with van der Waals surface area (Å²) >= 11 is 0. The molecule has 0 amide bonds. The number of fused-ring (bicyclic) bond motifs is 2. The van der Waals surface area contributed by atoms with Crippen LogP contribution in [0.4, 0.5) is 0 Å². The van der Waals surface area contributed by atoms with E-state index >= 15 is 0 Å². The molecule has 0 saturated carbocycles. The SMILES string of the molecule is C=C/C=C\C(C)=C(C)C.C=CC(=C)c1ccc(-c2ccc(-c3ccc(-c4ccc5ccccc5n4)cc3)c(-c3ccc(-c4ccc5ccccc5n4)cc3)c2)cc1.CC. The first kappa shape index (κ1) is 41.5. The lowest BCUT2D eigenvalue weighted by Crippen LogP contribution is -1.90. The number of hydrogen-bond acceptors (Lipinski definition) is 2. The van der Waals surface area contributed by atoms with Gasteiger partial charge in [0.25, 0.3) is 0 Å². The fraction of sp³-hybridized carbons (Fsp3) is 0.0877. The molecule has 8 rings (SSSR count). The molecule has 0 spiro atoms. The Morgan fingerprint density at radius 1 is 0.475 bits per heavy atom. The van der Waals surface area contributed by atoms with Gasteiger partial charge in [0.1, 0.15) is 0 Å². The Bertz CT molecular complexity index is 2780. The highest BCUT2D eigenvalue weighted by molar-refractivity contribution is 5.89. The van der Waals surface area contributed by atoms with Crippen LogP contribution in [0.2, 0.25) is 0 Å². The average molecular weight is 765 g/mol. The highest BCUT2D eigenvalue weighted by atomic mass is 14.7. The van der Waals surface area contributed by atoms with Crippen LogP contribution in [-0.2, 0) is 0 Å². The zero-order valence-electron chi connectivity index (χ0n) is 34.9. The first-order chi connectivity index (χ1) is 28.8. The van der Waals surface area contributed by atoms with Gasteiger partial charge in [-0.05, 0) is 95.6 Å². The molecule has 2 nitrogen and oxygen atoms in total. The molecule has 290 valence electrons. The van der Waals surface area contributed by atoms with Gasteiger partial charge in [0, 0.05) is 21.9 Å². The summed E-state index contributed by atoms with van der Waals surface area (Å²) in [6.07, 6.45) is 7.58. The van der Waals surface area contributed by atoms with Crippen molar-refractivity contribution in [3.63, 3.8) is 0 Å². The largest absolute Gasteiger partial charge is 0.248 e. The van der Waals surface area contributed by atoms with Crippen LogP contribution < -0.4 is 0 Å². The molecule has 59 heavy (non-hydrogen) atoms. The lowest BCUT2D eigenvalue weighted by molar-refractivity contribution is 1.29. The second kappa shape index (κ2) is 19.8. The molecule has 0 saturated heterocycles. The Balaban J connectivity index is 0.000000473. The minimum absolute atomic E-state index is 0.918. The fourth-order valence-corrected chi connectivity index (χ4v) is 6.68. The van der Waals surface area contributed by atoms with Crippen LogP contribution >= 0.6 is 0 Å². The van der Waals surface area contributed by atoms with E-state index in [2.05, 4.69) is 186 Å². The maximum Gasteiger partial charge on any atom is 0.0709 e. The summed E-state index contributed by atoms with van der Waals surface area (Å²) in [4.78, 5) is 9.84. The van der Waals surface area contributed by atoms with Gasteiger partial charge >= 0.3 is 0 Å². The van der Waals surface area contributed by atoms with Crippen molar-refractivity contribution in [3.05, 3.63) is 225 Å². The third-order valence-corrected chi connectivity index (χ3v) is 10.3. The van der Waals surface area contributed by atoms with E-state index in [-0.39, 0.29) is 0 Å². The summed E-state index contributed by atoms with van der Waals surface area (Å²) < 4.78 is 0. The Morgan fingerprint density at radius 3 is 1.42 bits per heavy atom. The van der Waals surface area contributed by atoms with Crippen molar-refractivity contribution in [1.82, 2.24) is 9.97 Å². The smallest absolute Gasteiger partial charge is 0.0709 e. The van der Waals surface area contributed by atoms with Gasteiger partial charge in [0.15, 0.2) is 0 Å². The van der Waals surface area contributed by atoms with E-state index in [9.17, 15) is 0 Å². The third-order valence-electron chi connectivity index (χ3n) is 10.3. The number of benzene rings is 6. The van der Waals surface area contributed by atoms with Crippen molar-refractivity contribution in [1.29, 1.82) is 0 Å². The van der Waals surface area contributed by atoms with Gasteiger partial charge in [-0.2, -0.15) is 0 Å². The van der Waals surface area contributed by atoms with Crippen LogP contribution in [0.15, 0.2) is 219 Å². The predicted molar refractivity (Wildman–Crippen MR) is 258 cm³/mol. The van der Waals surface area contributed by atoms with Gasteiger partial charge in [-0.3, -0.25) is 0 Å². The summed E-state index contributed by atoms with van der Waals surface area (Å²) in [5.74, 6) is 0. The van der Waals surface area contributed by atoms with Crippen molar-refractivity contribution in [2.45, 2.75) is 34.6 Å². The van der Waals surface area contributed by atoms with Crippen LogP contribution in [0.1, 0.15) is 40.2 Å². The van der Waals surface area contributed by atoms with Gasteiger partial charge in [-0.15, -0.1) is 0 Å². The summed E-state index contributed by atoms with van der Waals surface area (Å²) in [7, 11) is 0. The van der Waals surface area contributed by atoms with E-state index < -0.39 is 0 Å². The number of hydrogen-bond donors (Lipinski definition) is 0. The number of nitrogens with zero attached hydrogens (tertiary/aromatic N) is 2. The fourth-order valence-electron chi connectivity index (χ4n) is 6.68. The molecule has 0 atom stereocenters. The van der Waals surface area contributed by atoms with Crippen LogP contribution in [0.25, 0.3) is 83.3 Å². The van der Waals surface area contributed by atoms with Crippen molar-refractivity contribution in [3.8, 4) is 55.9 Å². The maximum atomic E-state index is 4.92. The van der Waals surface area contributed by atoms with Crippen LogP contribution in [0.5, 0.6) is 0 Å². The molecule has 6 aromatic carbocycles. The molecule has 0 bridgehead atoms. The molecule has 0 aliphatic heterocycles. The predicted octanol–water partition coefficient (Wildman–Crippen LogP) is 16.4. The van der Waals surface area contributed by atoms with E-state index in [0.29, 0.717) is 0 Å². The van der Waals surface area contributed by atoms with Crippen molar-refractivity contribution >= 4 is 27.4 Å². The quantitative estimate of drug-likeness (QED) is 0.137. The van der Waals surface area contributed by atoms with E-state index in [4.69, 9.17) is 9.97 Å². The van der Waals surface area contributed by atoms with E-state index in [1.165, 1.54) is 22.3 Å². The first-order valence-corrected chi connectivity index (χ1v) is 20.2. The van der Waals surface area contributed by atoms with E-state index in [1.54, 1.807) is 12.2 Å². The number of rotatable bonds is 9. The van der Waals surface area contributed by atoms with Crippen LogP contribution in [-0.4, -0.2) is 9.97 Å². The highest BCUT2D eigenvalue weighted by Gasteiger charge is 2.13. The molecule has 8 aromatic rings. The minimum atomic E-state index is 0.918. The Morgan fingerprint density at radius 2 is 0.932 bits per heavy atom. The second-order valence-corrected chi connectivity index (χ2v) is 14.3. The summed E-state index contributed by atoms with van der Waals surface area (Å²) in [6, 6.07) is 57.7. The van der Waals surface area contributed by atoms with Gasteiger partial charge in [0.2, 0.25) is 0 Å². The highest BCUT2D eigenvalue weighted by Crippen LogP contribution is 2.38. The van der Waals surface area contributed by atoms with Crippen molar-refractivity contribution < 1.29 is 0 Å². The Hall–Kier alpha value is -7.16. The van der Waals surface area contributed by atoms with Gasteiger partial charge in [-0.25, -0.2) is 9.97 Å². The van der Waals surface area contributed by atoms with Crippen LogP contribution in [0.3, 0.4) is 0 Å². The summed E-state index contributed by atoms with van der Waals surface area (Å²) in [5, 5.41) is 2.29. The first-order valence-electron chi connectivity index (χ1n) is 20.2. The molecule has 0 radical (unpaired) electrons. The summed E-state index contributed by atoms with van der Waals surface area (Å²) in [6.45, 7) is 21.8. The maximum absolute atomic E-state index is 4.92. The molecule has 2 heteroatoms. The molecular weight excluding hydrogens is 713 g/mol. The van der Waals surface area contributed by atoms with Gasteiger partial charge in [-0.1, -0.05) is 202 Å². The Kier molecular flexibility index (Phi) is 13.9. The monoisotopic (exact) mass is 764 g/mol. The van der Waals surface area contributed by atoms with E-state index in [0.717, 1.165) is 77.7 Å². The van der Waals surface area contributed by atoms with E-state index in [1.807, 2.05) is 44.2 Å². The van der Waals surface area contributed by atoms with Crippen molar-refractivity contribution in [2.24, 2.45) is 0 Å². The minimum Gasteiger partial charge on any atom is -0.248 e. The summed E-state index contributed by atoms with van der Waals surface area (Å²) in [5.41, 5.74) is 17.7. The lowest BCUT2D eigenvalue weighted by atomic mass is 9.90. The van der Waals surface area contributed by atoms with Crippen LogP contribution in [0, 0.1) is 0 Å². The standard InChI is InChI=1S/C46H32N2.C9H14.C2H6/c1-3-31(2)32-12-14-33(15-13-32)40-24-27-41(34-16-20-38(21-17-34)45-28-25-36-8-4-6-10-43(36)47-45)42(30-40)35-18-22-39(23-19-35)46-29-26-37-9-5-7-11-44(37)48-46;1-5-6-7-9(4)8(2)3;1-2/h3-30H,1-2H2;5-7H,1H2,2-4H3;1-2H3/b;7-6-;. The molecule has 0 N–H and O–H groups in total. The molecule has 2 heterocycles. The number of allylic oxidation sites excluding steroid dienone is 7. The normalized spacial score (nSPS) is 10.6. The topological polar surface area (TPSA) is 25.8 Å². The molecule has 0 aliphatic rings. The second-order valence-electron chi connectivity index (χ2n) is 14.3. The molecular formula is C57H52N2. The molecule has 0 fully saturated rings. The lowest BCUT2D eigenvalue weighted by Gasteiger charge is -2.15. The molecule has 0 aliphatic carbocycles. The number of aromatic nitrogens is 2. The number of para-hydroxylation sites is 2. The average Bonchev–Trinajstić information content (AvgIpc) is 3.31. The molecule has 0 unspecified atom stereocenters. The van der Waals surface area contributed by atoms with Gasteiger partial charge in [0.05, 0.1) is 22.4 Å².